The third kappa shape index (κ3) is 3.83. The van der Waals surface area contributed by atoms with E-state index in [0.29, 0.717) is 12.1 Å². The number of halogens is 1. The monoisotopic (exact) mass is 318 g/mol. The number of amides is 1. The van der Waals surface area contributed by atoms with E-state index < -0.39 is 0 Å². The predicted octanol–water partition coefficient (Wildman–Crippen LogP) is 3.52. The van der Waals surface area contributed by atoms with Gasteiger partial charge in [0.15, 0.2) is 0 Å². The zero-order valence-corrected chi connectivity index (χ0v) is 12.2. The van der Waals surface area contributed by atoms with Crippen LogP contribution in [0.2, 0.25) is 0 Å². The summed E-state index contributed by atoms with van der Waals surface area (Å²) in [6, 6.07) is 13.1. The van der Waals surface area contributed by atoms with E-state index in [0.717, 1.165) is 21.3 Å². The molecule has 0 fully saturated rings. The Labute approximate surface area is 121 Å². The highest BCUT2D eigenvalue weighted by molar-refractivity contribution is 9.10. The zero-order valence-electron chi connectivity index (χ0n) is 10.6. The maximum atomic E-state index is 12.0. The van der Waals surface area contributed by atoms with Crippen LogP contribution in [0, 0.1) is 6.92 Å². The summed E-state index contributed by atoms with van der Waals surface area (Å²) in [4.78, 5) is 12.0. The van der Waals surface area contributed by atoms with E-state index in [9.17, 15) is 4.79 Å². The highest BCUT2D eigenvalue weighted by Gasteiger charge is 2.06. The molecule has 0 spiro atoms. The lowest BCUT2D eigenvalue weighted by Gasteiger charge is -2.09. The summed E-state index contributed by atoms with van der Waals surface area (Å²) in [5.41, 5.74) is 9.12. The van der Waals surface area contributed by atoms with E-state index in [1.165, 1.54) is 0 Å². The minimum atomic E-state index is -0.0361. The van der Waals surface area contributed by atoms with Crippen LogP contribution in [0.15, 0.2) is 46.9 Å². The lowest BCUT2D eigenvalue weighted by molar-refractivity contribution is -0.115. The molecule has 2 rings (SSSR count). The fraction of sp³-hybridized carbons (Fsp3) is 0.133. The van der Waals surface area contributed by atoms with Crippen LogP contribution >= 0.6 is 15.9 Å². The molecule has 1 amide bonds. The van der Waals surface area contributed by atoms with Crippen LogP contribution < -0.4 is 11.1 Å². The third-order valence-electron chi connectivity index (χ3n) is 2.82. The summed E-state index contributed by atoms with van der Waals surface area (Å²) in [6.07, 6.45) is 0.340. The number of carbonyl (C=O) groups excluding carboxylic acids is 1. The molecule has 3 N–H and O–H groups in total. The first-order chi connectivity index (χ1) is 9.04. The molecular weight excluding hydrogens is 304 g/mol. The molecule has 2 aromatic rings. The number of aryl methyl sites for hydroxylation is 1. The van der Waals surface area contributed by atoms with Gasteiger partial charge in [-0.05, 0) is 42.3 Å². The summed E-state index contributed by atoms with van der Waals surface area (Å²) < 4.78 is 0.945. The van der Waals surface area contributed by atoms with E-state index in [1.807, 2.05) is 37.3 Å². The number of nitrogen functional groups attached to an aromatic ring is 1. The molecule has 0 unspecified atom stereocenters. The molecule has 0 heterocycles. The van der Waals surface area contributed by atoms with E-state index in [4.69, 9.17) is 5.73 Å². The normalized spacial score (nSPS) is 10.2. The van der Waals surface area contributed by atoms with Crippen LogP contribution in [0.25, 0.3) is 0 Å². The Morgan fingerprint density at radius 1 is 1.21 bits per heavy atom. The van der Waals surface area contributed by atoms with Crippen LogP contribution in [0.3, 0.4) is 0 Å². The lowest BCUT2D eigenvalue weighted by Crippen LogP contribution is -2.15. The molecule has 3 nitrogen and oxygen atoms in total. The minimum Gasteiger partial charge on any atom is -0.399 e. The van der Waals surface area contributed by atoms with Crippen molar-refractivity contribution in [1.29, 1.82) is 0 Å². The summed E-state index contributed by atoms with van der Waals surface area (Å²) >= 11 is 3.40. The number of anilines is 2. The molecule has 98 valence electrons. The van der Waals surface area contributed by atoms with Gasteiger partial charge >= 0.3 is 0 Å². The molecule has 0 saturated heterocycles. The summed E-state index contributed by atoms with van der Waals surface area (Å²) in [6.45, 7) is 1.96. The van der Waals surface area contributed by atoms with Crippen molar-refractivity contribution in [2.75, 3.05) is 11.1 Å². The van der Waals surface area contributed by atoms with Crippen LogP contribution in [-0.4, -0.2) is 5.91 Å². The number of carbonyl (C=O) groups is 1. The van der Waals surface area contributed by atoms with Gasteiger partial charge in [-0.25, -0.2) is 0 Å². The number of benzene rings is 2. The van der Waals surface area contributed by atoms with Crippen molar-refractivity contribution in [2.24, 2.45) is 0 Å². The zero-order chi connectivity index (χ0) is 13.8. The van der Waals surface area contributed by atoms with Gasteiger partial charge in [0.1, 0.15) is 0 Å². The van der Waals surface area contributed by atoms with E-state index in [2.05, 4.69) is 21.2 Å². The molecule has 0 aliphatic rings. The molecule has 2 aromatic carbocycles. The van der Waals surface area contributed by atoms with E-state index in [1.54, 1.807) is 12.1 Å². The number of rotatable bonds is 3. The van der Waals surface area contributed by atoms with Crippen LogP contribution in [-0.2, 0) is 11.2 Å². The first-order valence-electron chi connectivity index (χ1n) is 5.95. The smallest absolute Gasteiger partial charge is 0.228 e. The fourth-order valence-corrected chi connectivity index (χ4v) is 2.11. The average molecular weight is 319 g/mol. The predicted molar refractivity (Wildman–Crippen MR) is 82.1 cm³/mol. The van der Waals surface area contributed by atoms with Crippen molar-refractivity contribution < 1.29 is 4.79 Å². The van der Waals surface area contributed by atoms with Gasteiger partial charge in [-0.3, -0.25) is 4.79 Å². The van der Waals surface area contributed by atoms with Crippen LogP contribution in [0.5, 0.6) is 0 Å². The lowest BCUT2D eigenvalue weighted by atomic mass is 10.1. The van der Waals surface area contributed by atoms with Crippen molar-refractivity contribution >= 4 is 33.2 Å². The fourth-order valence-electron chi connectivity index (χ4n) is 1.74. The number of nitrogens with two attached hydrogens (primary N) is 1. The second kappa shape index (κ2) is 5.89. The second-order valence-electron chi connectivity index (χ2n) is 4.43. The van der Waals surface area contributed by atoms with Crippen molar-refractivity contribution in [3.05, 3.63) is 58.1 Å². The SMILES string of the molecule is Cc1ccc(Br)cc1NC(=O)Cc1ccc(N)cc1. The van der Waals surface area contributed by atoms with Crippen molar-refractivity contribution in [2.45, 2.75) is 13.3 Å². The number of hydrogen-bond acceptors (Lipinski definition) is 2. The third-order valence-corrected chi connectivity index (χ3v) is 3.31. The number of hydrogen-bond donors (Lipinski definition) is 2. The van der Waals surface area contributed by atoms with Gasteiger partial charge in [0.2, 0.25) is 5.91 Å². The van der Waals surface area contributed by atoms with Gasteiger partial charge in [-0.15, -0.1) is 0 Å². The first kappa shape index (κ1) is 13.6. The molecule has 0 aliphatic heterocycles. The molecule has 0 saturated carbocycles. The largest absolute Gasteiger partial charge is 0.399 e. The molecule has 19 heavy (non-hydrogen) atoms. The topological polar surface area (TPSA) is 55.1 Å². The molecule has 0 bridgehead atoms. The van der Waals surface area contributed by atoms with Gasteiger partial charge in [0.25, 0.3) is 0 Å². The summed E-state index contributed by atoms with van der Waals surface area (Å²) in [5.74, 6) is -0.0361. The van der Waals surface area contributed by atoms with Crippen molar-refractivity contribution in [3.63, 3.8) is 0 Å². The Morgan fingerprint density at radius 2 is 1.89 bits per heavy atom. The highest BCUT2D eigenvalue weighted by atomic mass is 79.9. The Hall–Kier alpha value is -1.81. The maximum Gasteiger partial charge on any atom is 0.228 e. The van der Waals surface area contributed by atoms with Gasteiger partial charge in [0, 0.05) is 15.8 Å². The van der Waals surface area contributed by atoms with Crippen molar-refractivity contribution in [3.8, 4) is 0 Å². The van der Waals surface area contributed by atoms with Crippen molar-refractivity contribution in [1.82, 2.24) is 0 Å². The molecule has 0 aromatic heterocycles. The highest BCUT2D eigenvalue weighted by Crippen LogP contribution is 2.20. The maximum absolute atomic E-state index is 12.0. The van der Waals surface area contributed by atoms with Crippen LogP contribution in [0.4, 0.5) is 11.4 Å². The summed E-state index contributed by atoms with van der Waals surface area (Å²) in [5, 5.41) is 2.91. The average Bonchev–Trinajstić information content (AvgIpc) is 2.37. The van der Waals surface area contributed by atoms with E-state index in [-0.39, 0.29) is 5.91 Å². The first-order valence-corrected chi connectivity index (χ1v) is 6.74. The summed E-state index contributed by atoms with van der Waals surface area (Å²) in [7, 11) is 0. The van der Waals surface area contributed by atoms with Gasteiger partial charge < -0.3 is 11.1 Å². The van der Waals surface area contributed by atoms with Gasteiger partial charge in [-0.2, -0.15) is 0 Å². The quantitative estimate of drug-likeness (QED) is 0.851. The molecule has 0 radical (unpaired) electrons. The van der Waals surface area contributed by atoms with Crippen LogP contribution in [0.1, 0.15) is 11.1 Å². The molecule has 4 heteroatoms. The minimum absolute atomic E-state index is 0.0361. The standard InChI is InChI=1S/C15H15BrN2O/c1-10-2-5-12(16)9-14(10)18-15(19)8-11-3-6-13(17)7-4-11/h2-7,9H,8,17H2,1H3,(H,18,19). The Kier molecular flexibility index (Phi) is 4.22. The van der Waals surface area contributed by atoms with Gasteiger partial charge in [-0.1, -0.05) is 34.1 Å². The number of nitrogens with one attached hydrogen (secondary N) is 1. The molecule has 0 aliphatic carbocycles. The Morgan fingerprint density at radius 3 is 2.58 bits per heavy atom. The molecule has 0 atom stereocenters. The Balaban J connectivity index is 2.05. The second-order valence-corrected chi connectivity index (χ2v) is 5.34. The Bertz CT molecular complexity index is 594. The van der Waals surface area contributed by atoms with Gasteiger partial charge in [0.05, 0.1) is 6.42 Å². The molecular formula is C15H15BrN2O. The van der Waals surface area contributed by atoms with E-state index >= 15 is 0 Å².